The highest BCUT2D eigenvalue weighted by Crippen LogP contribution is 2.25. The van der Waals surface area contributed by atoms with Crippen LogP contribution >= 0.6 is 11.6 Å². The van der Waals surface area contributed by atoms with E-state index in [0.29, 0.717) is 18.5 Å². The summed E-state index contributed by atoms with van der Waals surface area (Å²) in [5.41, 5.74) is 0.0198. The van der Waals surface area contributed by atoms with Gasteiger partial charge in [0, 0.05) is 12.6 Å². The summed E-state index contributed by atoms with van der Waals surface area (Å²) in [6, 6.07) is 4.57. The van der Waals surface area contributed by atoms with Gasteiger partial charge in [0.05, 0.1) is 4.92 Å². The smallest absolute Gasteiger partial charge is 0.407 e. The molecule has 1 aromatic carbocycles. The second-order valence-electron chi connectivity index (χ2n) is 5.59. The average Bonchev–Trinajstić information content (AvgIpc) is 2.37. The number of hydrogen-bond acceptors (Lipinski definition) is 4. The monoisotopic (exact) mass is 326 g/mol. The number of benzene rings is 1. The Morgan fingerprint density at radius 1 is 1.45 bits per heavy atom. The van der Waals surface area contributed by atoms with Crippen LogP contribution in [0, 0.1) is 10.1 Å². The van der Waals surface area contributed by atoms with Crippen molar-refractivity contribution < 1.29 is 14.5 Å². The first-order valence-electron chi connectivity index (χ1n) is 6.76. The third-order valence-corrected chi connectivity index (χ3v) is 2.78. The minimum Gasteiger partial charge on any atom is -0.444 e. The van der Waals surface area contributed by atoms with Crippen LogP contribution in [0.15, 0.2) is 24.3 Å². The molecule has 0 spiro atoms. The molecule has 0 saturated carbocycles. The van der Waals surface area contributed by atoms with Crippen molar-refractivity contribution in [1.82, 2.24) is 5.32 Å². The first kappa shape index (κ1) is 18.0. The van der Waals surface area contributed by atoms with Crippen LogP contribution in [0.2, 0.25) is 5.02 Å². The third-order valence-electron chi connectivity index (χ3n) is 2.46. The Morgan fingerprint density at radius 2 is 2.14 bits per heavy atom. The molecule has 0 unspecified atom stereocenters. The van der Waals surface area contributed by atoms with E-state index in [4.69, 9.17) is 16.3 Å². The lowest BCUT2D eigenvalue weighted by Crippen LogP contribution is -2.32. The van der Waals surface area contributed by atoms with Crippen molar-refractivity contribution >= 4 is 29.5 Å². The molecule has 0 aliphatic rings. The quantitative estimate of drug-likeness (QED) is 0.500. The SMILES string of the molecule is CC(C)(C)OC(=O)NCCC=Cc1ccc(Cl)c([N+](=O)[O-])c1. The zero-order valence-corrected chi connectivity index (χ0v) is 13.5. The minimum atomic E-state index is -0.526. The summed E-state index contributed by atoms with van der Waals surface area (Å²) in [7, 11) is 0. The summed E-state index contributed by atoms with van der Waals surface area (Å²) in [4.78, 5) is 21.7. The normalized spacial score (nSPS) is 11.5. The van der Waals surface area contributed by atoms with Gasteiger partial charge in [-0.25, -0.2) is 4.79 Å². The molecule has 0 radical (unpaired) electrons. The number of nitro benzene ring substituents is 1. The molecule has 0 saturated heterocycles. The summed E-state index contributed by atoms with van der Waals surface area (Å²) in [6.07, 6.45) is 3.66. The first-order valence-corrected chi connectivity index (χ1v) is 7.14. The van der Waals surface area contributed by atoms with E-state index in [2.05, 4.69) is 5.32 Å². The molecule has 120 valence electrons. The van der Waals surface area contributed by atoms with E-state index < -0.39 is 16.6 Å². The molecule has 0 fully saturated rings. The summed E-state index contributed by atoms with van der Waals surface area (Å²) >= 11 is 5.74. The summed E-state index contributed by atoms with van der Waals surface area (Å²) in [6.45, 7) is 5.79. The molecule has 1 N–H and O–H groups in total. The molecule has 0 aliphatic carbocycles. The Labute approximate surface area is 134 Å². The standard InChI is InChI=1S/C15H19ClN2O4/c1-15(2,3)22-14(19)17-9-5-4-6-11-7-8-12(16)13(10-11)18(20)21/h4,6-8,10H,5,9H2,1-3H3,(H,17,19). The molecular weight excluding hydrogens is 308 g/mol. The molecule has 0 heterocycles. The lowest BCUT2D eigenvalue weighted by Gasteiger charge is -2.19. The van der Waals surface area contributed by atoms with E-state index in [-0.39, 0.29) is 10.7 Å². The van der Waals surface area contributed by atoms with Gasteiger partial charge in [-0.05, 0) is 38.8 Å². The first-order chi connectivity index (χ1) is 10.2. The fraction of sp³-hybridized carbons (Fsp3) is 0.400. The van der Waals surface area contributed by atoms with Gasteiger partial charge >= 0.3 is 6.09 Å². The molecule has 0 atom stereocenters. The van der Waals surface area contributed by atoms with E-state index >= 15 is 0 Å². The lowest BCUT2D eigenvalue weighted by atomic mass is 10.2. The van der Waals surface area contributed by atoms with Gasteiger partial charge in [-0.15, -0.1) is 0 Å². The van der Waals surface area contributed by atoms with Gasteiger partial charge in [0.2, 0.25) is 0 Å². The van der Waals surface area contributed by atoms with Crippen LogP contribution in [0.3, 0.4) is 0 Å². The molecule has 0 aromatic heterocycles. The third kappa shape index (κ3) is 6.58. The van der Waals surface area contributed by atoms with Gasteiger partial charge in [0.25, 0.3) is 5.69 Å². The maximum absolute atomic E-state index is 11.4. The summed E-state index contributed by atoms with van der Waals surface area (Å²) in [5, 5.41) is 13.5. The number of hydrogen-bond donors (Lipinski definition) is 1. The average molecular weight is 327 g/mol. The highest BCUT2D eigenvalue weighted by Gasteiger charge is 2.15. The van der Waals surface area contributed by atoms with Gasteiger partial charge in [0.1, 0.15) is 10.6 Å². The molecule has 6 nitrogen and oxygen atoms in total. The van der Waals surface area contributed by atoms with Gasteiger partial charge < -0.3 is 10.1 Å². The highest BCUT2D eigenvalue weighted by atomic mass is 35.5. The second-order valence-corrected chi connectivity index (χ2v) is 5.99. The van der Waals surface area contributed by atoms with Crippen molar-refractivity contribution in [3.63, 3.8) is 0 Å². The van der Waals surface area contributed by atoms with Crippen LogP contribution in [-0.2, 0) is 4.74 Å². The van der Waals surface area contributed by atoms with Crippen LogP contribution in [0.1, 0.15) is 32.8 Å². The fourth-order valence-corrected chi connectivity index (χ4v) is 1.75. The van der Waals surface area contributed by atoms with E-state index in [1.165, 1.54) is 12.1 Å². The van der Waals surface area contributed by atoms with Crippen LogP contribution in [-0.4, -0.2) is 23.2 Å². The van der Waals surface area contributed by atoms with Gasteiger partial charge in [-0.1, -0.05) is 29.8 Å². The van der Waals surface area contributed by atoms with Crippen molar-refractivity contribution in [2.24, 2.45) is 0 Å². The Hall–Kier alpha value is -2.08. The van der Waals surface area contributed by atoms with Crippen LogP contribution in [0.4, 0.5) is 10.5 Å². The molecule has 1 aromatic rings. The van der Waals surface area contributed by atoms with E-state index in [9.17, 15) is 14.9 Å². The topological polar surface area (TPSA) is 81.5 Å². The zero-order chi connectivity index (χ0) is 16.8. The van der Waals surface area contributed by atoms with Crippen molar-refractivity contribution in [2.75, 3.05) is 6.54 Å². The Bertz CT molecular complexity index is 579. The predicted molar refractivity (Wildman–Crippen MR) is 86.0 cm³/mol. The van der Waals surface area contributed by atoms with Crippen molar-refractivity contribution in [1.29, 1.82) is 0 Å². The number of carbonyl (C=O) groups is 1. The molecule has 0 aliphatic heterocycles. The molecule has 0 bridgehead atoms. The number of carbonyl (C=O) groups excluding carboxylic acids is 1. The van der Waals surface area contributed by atoms with Gasteiger partial charge in [-0.2, -0.15) is 0 Å². The molecule has 1 rings (SSSR count). The number of ether oxygens (including phenoxy) is 1. The highest BCUT2D eigenvalue weighted by molar-refractivity contribution is 6.32. The van der Waals surface area contributed by atoms with Gasteiger partial charge in [-0.3, -0.25) is 10.1 Å². The fourth-order valence-electron chi connectivity index (χ4n) is 1.56. The van der Waals surface area contributed by atoms with Crippen LogP contribution in [0.25, 0.3) is 6.08 Å². The summed E-state index contributed by atoms with van der Waals surface area (Å²) in [5.74, 6) is 0. The Balaban J connectivity index is 2.45. The predicted octanol–water partition coefficient (Wildman–Crippen LogP) is 4.18. The number of nitro groups is 1. The number of halogens is 1. The number of amides is 1. The van der Waals surface area contributed by atoms with Crippen molar-refractivity contribution in [2.45, 2.75) is 32.8 Å². The maximum atomic E-state index is 11.4. The molecule has 22 heavy (non-hydrogen) atoms. The number of rotatable bonds is 5. The van der Waals surface area contributed by atoms with E-state index in [0.717, 1.165) is 0 Å². The second kappa shape index (κ2) is 7.79. The molecular formula is C15H19ClN2O4. The van der Waals surface area contributed by atoms with Crippen molar-refractivity contribution in [3.8, 4) is 0 Å². The van der Waals surface area contributed by atoms with E-state index in [1.54, 1.807) is 32.9 Å². The van der Waals surface area contributed by atoms with Crippen LogP contribution < -0.4 is 5.32 Å². The molecule has 7 heteroatoms. The largest absolute Gasteiger partial charge is 0.444 e. The summed E-state index contributed by atoms with van der Waals surface area (Å²) < 4.78 is 5.09. The Kier molecular flexibility index (Phi) is 6.37. The van der Waals surface area contributed by atoms with Crippen LogP contribution in [0.5, 0.6) is 0 Å². The molecule has 1 amide bonds. The lowest BCUT2D eigenvalue weighted by molar-refractivity contribution is -0.384. The zero-order valence-electron chi connectivity index (χ0n) is 12.8. The van der Waals surface area contributed by atoms with Gasteiger partial charge in [0.15, 0.2) is 0 Å². The number of nitrogens with one attached hydrogen (secondary N) is 1. The maximum Gasteiger partial charge on any atom is 0.407 e. The van der Waals surface area contributed by atoms with Crippen molar-refractivity contribution in [3.05, 3.63) is 45.0 Å². The van der Waals surface area contributed by atoms with E-state index in [1.807, 2.05) is 6.08 Å². The number of alkyl carbamates (subject to hydrolysis) is 1. The number of nitrogens with zero attached hydrogens (tertiary/aromatic N) is 1. The Morgan fingerprint density at radius 3 is 2.73 bits per heavy atom. The minimum absolute atomic E-state index is 0.105.